The van der Waals surface area contributed by atoms with Crippen molar-refractivity contribution in [3.8, 4) is 5.75 Å². The Morgan fingerprint density at radius 2 is 1.60 bits per heavy atom. The van der Waals surface area contributed by atoms with Crippen molar-refractivity contribution in [1.82, 2.24) is 4.90 Å². The van der Waals surface area contributed by atoms with Gasteiger partial charge in [0, 0.05) is 24.3 Å². The average Bonchev–Trinajstić information content (AvgIpc) is 2.64. The minimum absolute atomic E-state index is 0.139. The van der Waals surface area contributed by atoms with Crippen LogP contribution in [0.5, 0.6) is 5.75 Å². The molecule has 1 aliphatic heterocycles. The van der Waals surface area contributed by atoms with Gasteiger partial charge >= 0.3 is 0 Å². The van der Waals surface area contributed by atoms with E-state index < -0.39 is 0 Å². The Balaban J connectivity index is 1.61. The molecule has 1 heterocycles. The van der Waals surface area contributed by atoms with E-state index in [-0.39, 0.29) is 17.5 Å². The number of nitrogens with zero attached hydrogens (tertiary/aromatic N) is 1. The second-order valence-electron chi connectivity index (χ2n) is 6.40. The number of hydrogen-bond acceptors (Lipinski definition) is 3. The van der Waals surface area contributed by atoms with E-state index >= 15 is 0 Å². The number of phenols is 1. The second-order valence-corrected chi connectivity index (χ2v) is 6.40. The lowest BCUT2D eigenvalue weighted by Gasteiger charge is -2.31. The second kappa shape index (κ2) is 7.42. The lowest BCUT2D eigenvalue weighted by Crippen LogP contribution is -2.37. The van der Waals surface area contributed by atoms with E-state index in [0.29, 0.717) is 17.2 Å². The van der Waals surface area contributed by atoms with Crippen molar-refractivity contribution >= 4 is 25.2 Å². The van der Waals surface area contributed by atoms with Crippen LogP contribution < -0.4 is 5.32 Å². The van der Waals surface area contributed by atoms with Gasteiger partial charge in [0.05, 0.1) is 0 Å². The highest BCUT2D eigenvalue weighted by Gasteiger charge is 2.21. The molecule has 1 aliphatic rings. The number of amides is 2. The molecule has 1 fully saturated rings. The van der Waals surface area contributed by atoms with Crippen molar-refractivity contribution in [1.29, 1.82) is 0 Å². The zero-order valence-corrected chi connectivity index (χ0v) is 14.2. The third-order valence-electron chi connectivity index (χ3n) is 4.71. The maximum absolute atomic E-state index is 12.3. The fourth-order valence-electron chi connectivity index (χ4n) is 3.18. The Kier molecular flexibility index (Phi) is 5.07. The van der Waals surface area contributed by atoms with Gasteiger partial charge in [0.2, 0.25) is 7.85 Å². The largest absolute Gasteiger partial charge is 0.508 e. The molecular formula is C19H21BN2O3. The minimum atomic E-state index is -0.177. The number of hydrogen-bond donors (Lipinski definition) is 2. The number of carbonyl (C=O) groups is 2. The summed E-state index contributed by atoms with van der Waals surface area (Å²) in [6, 6.07) is 14.1. The Labute approximate surface area is 148 Å². The van der Waals surface area contributed by atoms with Gasteiger partial charge in [0.25, 0.3) is 5.91 Å². The Morgan fingerprint density at radius 1 is 1.00 bits per heavy atom. The normalized spacial score (nSPS) is 15.0. The summed E-state index contributed by atoms with van der Waals surface area (Å²) in [6.45, 7) is 1.59. The van der Waals surface area contributed by atoms with Gasteiger partial charge in [0.15, 0.2) is 5.81 Å². The molecule has 0 aliphatic carbocycles. The number of benzene rings is 2. The summed E-state index contributed by atoms with van der Waals surface area (Å²) in [4.78, 5) is 25.6. The summed E-state index contributed by atoms with van der Waals surface area (Å²) in [5.74, 6) is 0.561. The first-order valence-corrected chi connectivity index (χ1v) is 8.49. The molecule has 0 saturated carbocycles. The highest BCUT2D eigenvalue weighted by Crippen LogP contribution is 2.28. The van der Waals surface area contributed by atoms with Crippen LogP contribution >= 0.6 is 0 Å². The molecule has 5 nitrogen and oxygen atoms in total. The maximum Gasteiger partial charge on any atom is 0.255 e. The van der Waals surface area contributed by atoms with Crippen LogP contribution in [0, 0.1) is 0 Å². The van der Waals surface area contributed by atoms with Gasteiger partial charge in [-0.05, 0) is 60.7 Å². The van der Waals surface area contributed by atoms with E-state index in [1.54, 1.807) is 20.0 Å². The highest BCUT2D eigenvalue weighted by molar-refractivity contribution is 6.56. The molecule has 2 aromatic rings. The number of likely N-dealkylation sites (tertiary alicyclic amines) is 1. The maximum atomic E-state index is 12.3. The van der Waals surface area contributed by atoms with Gasteiger partial charge in [-0.25, -0.2) is 0 Å². The number of nitrogens with one attached hydrogen (secondary N) is 1. The Morgan fingerprint density at radius 3 is 2.16 bits per heavy atom. The third kappa shape index (κ3) is 4.21. The molecule has 2 aromatic carbocycles. The molecule has 0 spiro atoms. The average molecular weight is 336 g/mol. The van der Waals surface area contributed by atoms with Crippen LogP contribution in [0.25, 0.3) is 0 Å². The molecule has 128 valence electrons. The van der Waals surface area contributed by atoms with E-state index in [0.717, 1.165) is 25.9 Å². The number of piperidine rings is 1. The summed E-state index contributed by atoms with van der Waals surface area (Å²) < 4.78 is 0. The molecule has 25 heavy (non-hydrogen) atoms. The molecule has 0 aromatic heterocycles. The van der Waals surface area contributed by atoms with Gasteiger partial charge in [-0.1, -0.05) is 12.1 Å². The molecule has 3 rings (SSSR count). The van der Waals surface area contributed by atoms with Crippen molar-refractivity contribution in [2.75, 3.05) is 18.4 Å². The van der Waals surface area contributed by atoms with Crippen LogP contribution in [-0.2, 0) is 0 Å². The number of anilines is 1. The van der Waals surface area contributed by atoms with Crippen LogP contribution in [0.4, 0.5) is 10.5 Å². The summed E-state index contributed by atoms with van der Waals surface area (Å²) in [5.41, 5.74) is 2.45. The number of aromatic hydroxyl groups is 1. The first-order valence-electron chi connectivity index (χ1n) is 8.49. The molecule has 0 atom stereocenters. The minimum Gasteiger partial charge on any atom is -0.508 e. The molecule has 0 radical (unpaired) electrons. The summed E-state index contributed by atoms with van der Waals surface area (Å²) in [5, 5.41) is 12.1. The van der Waals surface area contributed by atoms with E-state index in [4.69, 9.17) is 0 Å². The number of phenolic OH excluding ortho intramolecular Hbond substituents is 1. The monoisotopic (exact) mass is 336 g/mol. The van der Waals surface area contributed by atoms with Crippen LogP contribution in [-0.4, -0.2) is 42.7 Å². The van der Waals surface area contributed by atoms with E-state index in [1.807, 2.05) is 29.2 Å². The van der Waals surface area contributed by atoms with Gasteiger partial charge < -0.3 is 15.3 Å². The van der Waals surface area contributed by atoms with E-state index in [9.17, 15) is 14.7 Å². The molecular weight excluding hydrogens is 315 g/mol. The first kappa shape index (κ1) is 17.1. The standard InChI is InChI=1S/C19H21BN2O3/c20-19(25)22-11-9-14(10-12-22)13-1-3-15(4-2-13)18(24)21-16-5-7-17(23)8-6-16/h1-8,14,23H,9-12,20H2,(H,21,24). The topological polar surface area (TPSA) is 69.6 Å². The molecule has 6 heteroatoms. The van der Waals surface area contributed by atoms with Crippen LogP contribution in [0.15, 0.2) is 48.5 Å². The van der Waals surface area contributed by atoms with Gasteiger partial charge in [-0.3, -0.25) is 9.59 Å². The van der Waals surface area contributed by atoms with Crippen LogP contribution in [0.1, 0.15) is 34.7 Å². The van der Waals surface area contributed by atoms with E-state index in [1.165, 1.54) is 17.7 Å². The first-order chi connectivity index (χ1) is 12.0. The van der Waals surface area contributed by atoms with Crippen molar-refractivity contribution in [3.63, 3.8) is 0 Å². The zero-order valence-electron chi connectivity index (χ0n) is 14.2. The van der Waals surface area contributed by atoms with Crippen molar-refractivity contribution in [3.05, 3.63) is 59.7 Å². The fourth-order valence-corrected chi connectivity index (χ4v) is 3.18. The molecule has 0 bridgehead atoms. The third-order valence-corrected chi connectivity index (χ3v) is 4.71. The van der Waals surface area contributed by atoms with Crippen molar-refractivity contribution in [2.24, 2.45) is 0 Å². The SMILES string of the molecule is BC(=O)N1CCC(c2ccc(C(=O)Nc3ccc(O)cc3)cc2)CC1. The smallest absolute Gasteiger partial charge is 0.255 e. The Bertz CT molecular complexity index is 751. The predicted molar refractivity (Wildman–Crippen MR) is 100.0 cm³/mol. The van der Waals surface area contributed by atoms with Crippen LogP contribution in [0.2, 0.25) is 0 Å². The predicted octanol–water partition coefficient (Wildman–Crippen LogP) is 2.58. The van der Waals surface area contributed by atoms with Gasteiger partial charge in [-0.2, -0.15) is 0 Å². The van der Waals surface area contributed by atoms with Crippen molar-refractivity contribution < 1.29 is 14.7 Å². The number of carbonyl (C=O) groups excluding carboxylic acids is 2. The van der Waals surface area contributed by atoms with Gasteiger partial charge in [-0.15, -0.1) is 0 Å². The number of rotatable bonds is 3. The molecule has 1 saturated heterocycles. The molecule has 0 unspecified atom stereocenters. The lowest BCUT2D eigenvalue weighted by atomic mass is 9.88. The molecule has 2 N–H and O–H groups in total. The van der Waals surface area contributed by atoms with Crippen LogP contribution in [0.3, 0.4) is 0 Å². The van der Waals surface area contributed by atoms with Crippen molar-refractivity contribution in [2.45, 2.75) is 18.8 Å². The molecule has 2 amide bonds. The quantitative estimate of drug-likeness (QED) is 0.669. The zero-order chi connectivity index (χ0) is 17.8. The Hall–Kier alpha value is -2.76. The summed E-state index contributed by atoms with van der Waals surface area (Å²) in [6.07, 6.45) is 1.91. The van der Waals surface area contributed by atoms with E-state index in [2.05, 4.69) is 5.32 Å². The summed E-state index contributed by atoms with van der Waals surface area (Å²) >= 11 is 0. The van der Waals surface area contributed by atoms with Gasteiger partial charge in [0.1, 0.15) is 5.75 Å². The summed E-state index contributed by atoms with van der Waals surface area (Å²) in [7, 11) is 1.61. The lowest BCUT2D eigenvalue weighted by molar-refractivity contribution is 0.102. The fraction of sp³-hybridized carbons (Fsp3) is 0.263. The highest BCUT2D eigenvalue weighted by atomic mass is 16.3.